The molecule has 0 spiro atoms. The van der Waals surface area contributed by atoms with Crippen LogP contribution in [0.1, 0.15) is 92.6 Å². The maximum absolute atomic E-state index is 13.7. The summed E-state index contributed by atoms with van der Waals surface area (Å²) in [5.74, 6) is 1.16. The van der Waals surface area contributed by atoms with Crippen LogP contribution < -0.4 is 38.0 Å². The summed E-state index contributed by atoms with van der Waals surface area (Å²) >= 11 is 6.62. The lowest BCUT2D eigenvalue weighted by Gasteiger charge is -2.24. The number of benzene rings is 2. The van der Waals surface area contributed by atoms with Gasteiger partial charge >= 0.3 is 0 Å². The Labute approximate surface area is 269 Å². The van der Waals surface area contributed by atoms with Crippen molar-refractivity contribution in [1.29, 1.82) is 0 Å². The van der Waals surface area contributed by atoms with Gasteiger partial charge < -0.3 is 38.4 Å². The number of carbonyl (C=O) groups is 1. The summed E-state index contributed by atoms with van der Waals surface area (Å²) in [7, 11) is 3.56. The summed E-state index contributed by atoms with van der Waals surface area (Å²) in [6.07, 6.45) is 16.9. The third kappa shape index (κ3) is 12.2. The van der Waals surface area contributed by atoms with Crippen molar-refractivity contribution >= 4 is 17.5 Å². The average molecular weight is 693 g/mol. The van der Waals surface area contributed by atoms with E-state index in [4.69, 9.17) is 21.1 Å². The number of ether oxygens (including phenoxy) is 2. The zero-order chi connectivity index (χ0) is 28.6. The first kappa shape index (κ1) is 34.9. The number of halogens is 2. The van der Waals surface area contributed by atoms with E-state index in [0.29, 0.717) is 41.8 Å². The van der Waals surface area contributed by atoms with Gasteiger partial charge in [0.25, 0.3) is 5.91 Å². The second-order valence-electron chi connectivity index (χ2n) is 10.5. The van der Waals surface area contributed by atoms with E-state index >= 15 is 0 Å². The number of para-hydroxylation sites is 1. The van der Waals surface area contributed by atoms with Crippen LogP contribution in [0, 0.1) is 0 Å². The van der Waals surface area contributed by atoms with E-state index in [9.17, 15) is 4.79 Å². The SMILES string of the molecule is CCCCCCCCCCCCOc1ccc(CN(Cc2ccc[n+](C)c2)C(=O)c2ccccc2OC)cc1Cl.[I-]. The van der Waals surface area contributed by atoms with E-state index in [2.05, 4.69) is 6.92 Å². The molecule has 0 fully saturated rings. The molecule has 0 radical (unpaired) electrons. The topological polar surface area (TPSA) is 42.7 Å². The highest BCUT2D eigenvalue weighted by atomic mass is 127. The number of rotatable bonds is 18. The van der Waals surface area contributed by atoms with Crippen LogP contribution >= 0.6 is 11.6 Å². The van der Waals surface area contributed by atoms with Crippen molar-refractivity contribution in [3.63, 3.8) is 0 Å². The molecule has 7 heteroatoms. The smallest absolute Gasteiger partial charge is 0.258 e. The molecule has 0 saturated carbocycles. The fourth-order valence-corrected chi connectivity index (χ4v) is 5.16. The minimum Gasteiger partial charge on any atom is -1.00 e. The van der Waals surface area contributed by atoms with E-state index in [1.807, 2.05) is 77.4 Å². The molecule has 0 saturated heterocycles. The lowest BCUT2D eigenvalue weighted by molar-refractivity contribution is -0.672. The van der Waals surface area contributed by atoms with Crippen LogP contribution in [-0.2, 0) is 20.1 Å². The standard InChI is InChI=1S/C34H46ClN2O3.HI/c1-4-5-6-7-8-9-10-11-12-15-23-40-33-21-20-28(24-31(33)35)26-37(27-29-17-16-22-36(2)25-29)34(38)30-18-13-14-19-32(30)39-3;/h13-14,16-22,24-25H,4-12,15,23,26-27H2,1-3H3;1H/q+1;/p-1. The van der Waals surface area contributed by atoms with Gasteiger partial charge in [-0.25, -0.2) is 4.57 Å². The molecule has 0 atom stereocenters. The molecular weight excluding hydrogens is 647 g/mol. The van der Waals surface area contributed by atoms with Crippen LogP contribution in [0.25, 0.3) is 0 Å². The first-order valence-corrected chi connectivity index (χ1v) is 15.2. The highest BCUT2D eigenvalue weighted by Crippen LogP contribution is 2.28. The molecule has 0 aliphatic rings. The zero-order valence-corrected chi connectivity index (χ0v) is 27.8. The molecule has 1 amide bonds. The summed E-state index contributed by atoms with van der Waals surface area (Å²) < 4.78 is 13.5. The Balaban J connectivity index is 0.00000588. The monoisotopic (exact) mass is 692 g/mol. The van der Waals surface area contributed by atoms with Gasteiger partial charge in [0.15, 0.2) is 12.4 Å². The predicted octanol–water partition coefficient (Wildman–Crippen LogP) is 5.32. The number of amides is 1. The predicted molar refractivity (Wildman–Crippen MR) is 163 cm³/mol. The van der Waals surface area contributed by atoms with Crippen molar-refractivity contribution in [1.82, 2.24) is 4.90 Å². The number of hydrogen-bond acceptors (Lipinski definition) is 3. The lowest BCUT2D eigenvalue weighted by atomic mass is 10.1. The number of pyridine rings is 1. The molecule has 3 aromatic rings. The first-order valence-electron chi connectivity index (χ1n) is 14.8. The summed E-state index contributed by atoms with van der Waals surface area (Å²) in [4.78, 5) is 15.5. The number of nitrogens with zero attached hydrogens (tertiary/aromatic N) is 2. The van der Waals surface area contributed by atoms with Gasteiger partial charge in [-0.1, -0.05) is 94.5 Å². The molecule has 3 rings (SSSR count). The highest BCUT2D eigenvalue weighted by Gasteiger charge is 2.21. The highest BCUT2D eigenvalue weighted by molar-refractivity contribution is 6.32. The second kappa shape index (κ2) is 19.7. The third-order valence-corrected chi connectivity index (χ3v) is 7.42. The minimum atomic E-state index is -0.0960. The molecule has 0 bridgehead atoms. The molecule has 1 heterocycles. The van der Waals surface area contributed by atoms with Crippen molar-refractivity contribution in [2.24, 2.45) is 7.05 Å². The van der Waals surface area contributed by atoms with Crippen LogP contribution in [0.15, 0.2) is 67.0 Å². The van der Waals surface area contributed by atoms with Gasteiger partial charge in [-0.2, -0.15) is 0 Å². The Bertz CT molecular complexity index is 1190. The number of unbranched alkanes of at least 4 members (excludes halogenated alkanes) is 9. The number of aromatic nitrogens is 1. The molecule has 41 heavy (non-hydrogen) atoms. The van der Waals surface area contributed by atoms with Crippen LogP contribution in [0.2, 0.25) is 5.02 Å². The quantitative estimate of drug-likeness (QED) is 0.103. The van der Waals surface area contributed by atoms with Gasteiger partial charge in [0.05, 0.1) is 30.8 Å². The Morgan fingerprint density at radius 3 is 2.15 bits per heavy atom. The van der Waals surface area contributed by atoms with Crippen LogP contribution in [0.4, 0.5) is 0 Å². The van der Waals surface area contributed by atoms with E-state index in [0.717, 1.165) is 17.5 Å². The first-order chi connectivity index (χ1) is 19.5. The Kier molecular flexibility index (Phi) is 16.8. The average Bonchev–Trinajstić information content (AvgIpc) is 2.96. The Morgan fingerprint density at radius 1 is 0.829 bits per heavy atom. The van der Waals surface area contributed by atoms with Gasteiger partial charge in [-0.3, -0.25) is 4.79 Å². The zero-order valence-electron chi connectivity index (χ0n) is 24.9. The van der Waals surface area contributed by atoms with Crippen LogP contribution in [-0.4, -0.2) is 24.5 Å². The normalized spacial score (nSPS) is 10.6. The van der Waals surface area contributed by atoms with Crippen molar-refractivity contribution in [2.75, 3.05) is 13.7 Å². The maximum Gasteiger partial charge on any atom is 0.258 e. The molecule has 0 aliphatic heterocycles. The van der Waals surface area contributed by atoms with Crippen molar-refractivity contribution in [3.8, 4) is 11.5 Å². The van der Waals surface area contributed by atoms with Gasteiger partial charge in [0, 0.05) is 18.2 Å². The van der Waals surface area contributed by atoms with Crippen molar-refractivity contribution < 1.29 is 42.8 Å². The molecule has 2 aromatic carbocycles. The molecule has 5 nitrogen and oxygen atoms in total. The third-order valence-electron chi connectivity index (χ3n) is 7.12. The second-order valence-corrected chi connectivity index (χ2v) is 10.9. The summed E-state index contributed by atoms with van der Waals surface area (Å²) in [6, 6.07) is 17.2. The molecule has 0 N–H and O–H groups in total. The molecule has 224 valence electrons. The van der Waals surface area contributed by atoms with E-state index in [1.54, 1.807) is 13.2 Å². The van der Waals surface area contributed by atoms with E-state index in [-0.39, 0.29) is 29.9 Å². The number of hydrogen-bond donors (Lipinski definition) is 0. The van der Waals surface area contributed by atoms with Crippen LogP contribution in [0.5, 0.6) is 11.5 Å². The molecule has 1 aromatic heterocycles. The fourth-order valence-electron chi connectivity index (χ4n) is 4.91. The molecule has 0 aliphatic carbocycles. The Morgan fingerprint density at radius 2 is 1.49 bits per heavy atom. The minimum absolute atomic E-state index is 0. The molecular formula is C34H46ClIN2O3. The fraction of sp³-hybridized carbons (Fsp3) is 0.471. The van der Waals surface area contributed by atoms with Crippen LogP contribution in [0.3, 0.4) is 0 Å². The number of methoxy groups -OCH3 is 1. The summed E-state index contributed by atoms with van der Waals surface area (Å²) in [6.45, 7) is 3.80. The van der Waals surface area contributed by atoms with Gasteiger partial charge in [0.2, 0.25) is 0 Å². The van der Waals surface area contributed by atoms with E-state index in [1.165, 1.54) is 57.8 Å². The summed E-state index contributed by atoms with van der Waals surface area (Å²) in [5, 5.41) is 0.570. The van der Waals surface area contributed by atoms with Gasteiger partial charge in [-0.05, 0) is 42.3 Å². The Hall–Kier alpha value is -2.32. The number of carbonyl (C=O) groups excluding carboxylic acids is 1. The van der Waals surface area contributed by atoms with Crippen molar-refractivity contribution in [2.45, 2.75) is 84.2 Å². The lowest BCUT2D eigenvalue weighted by Crippen LogP contribution is -3.00. The molecule has 0 unspecified atom stereocenters. The number of aryl methyl sites for hydroxylation is 1. The largest absolute Gasteiger partial charge is 1.00 e. The maximum atomic E-state index is 13.7. The van der Waals surface area contributed by atoms with Gasteiger partial charge in [0.1, 0.15) is 18.5 Å². The van der Waals surface area contributed by atoms with Gasteiger partial charge in [-0.15, -0.1) is 0 Å². The van der Waals surface area contributed by atoms with Crippen molar-refractivity contribution in [3.05, 3.63) is 88.7 Å². The summed E-state index contributed by atoms with van der Waals surface area (Å²) in [5.41, 5.74) is 2.52. The van der Waals surface area contributed by atoms with E-state index < -0.39 is 0 Å².